The summed E-state index contributed by atoms with van der Waals surface area (Å²) in [4.78, 5) is 10.7. The van der Waals surface area contributed by atoms with Crippen LogP contribution in [0.25, 0.3) is 17.3 Å². The first-order chi connectivity index (χ1) is 10.1. The second-order valence-electron chi connectivity index (χ2n) is 4.29. The van der Waals surface area contributed by atoms with E-state index in [4.69, 9.17) is 10.4 Å². The van der Waals surface area contributed by atoms with Crippen LogP contribution in [-0.2, 0) is 11.3 Å². The summed E-state index contributed by atoms with van der Waals surface area (Å²) in [5.74, 6) is -1.01. The highest BCUT2D eigenvalue weighted by molar-refractivity contribution is 9.10. The first kappa shape index (κ1) is 15.0. The first-order valence-electron chi connectivity index (χ1n) is 6.21. The molecule has 1 heterocycles. The maximum absolute atomic E-state index is 10.7. The second kappa shape index (κ2) is 6.86. The van der Waals surface area contributed by atoms with Crippen molar-refractivity contribution < 1.29 is 9.90 Å². The monoisotopic (exact) mass is 345 g/mol. The van der Waals surface area contributed by atoms with Crippen molar-refractivity contribution in [1.29, 1.82) is 5.26 Å². The van der Waals surface area contributed by atoms with Crippen molar-refractivity contribution in [2.24, 2.45) is 0 Å². The summed E-state index contributed by atoms with van der Waals surface area (Å²) < 4.78 is 2.57. The van der Waals surface area contributed by atoms with Crippen LogP contribution in [-0.4, -0.2) is 20.9 Å². The van der Waals surface area contributed by atoms with E-state index in [9.17, 15) is 4.79 Å². The van der Waals surface area contributed by atoms with Gasteiger partial charge in [0.05, 0.1) is 24.7 Å². The van der Waals surface area contributed by atoms with Crippen LogP contribution in [0.5, 0.6) is 0 Å². The van der Waals surface area contributed by atoms with Crippen molar-refractivity contribution in [2.45, 2.75) is 13.0 Å². The van der Waals surface area contributed by atoms with Gasteiger partial charge in [0.1, 0.15) is 0 Å². The third-order valence-corrected chi connectivity index (χ3v) is 3.24. The lowest BCUT2D eigenvalue weighted by molar-refractivity contribution is -0.131. The summed E-state index contributed by atoms with van der Waals surface area (Å²) in [6.07, 6.45) is 4.68. The van der Waals surface area contributed by atoms with Crippen molar-refractivity contribution in [3.63, 3.8) is 0 Å². The fourth-order valence-electron chi connectivity index (χ4n) is 1.86. The van der Waals surface area contributed by atoms with E-state index in [1.165, 1.54) is 6.08 Å². The SMILES string of the molecule is N#CCCn1cc(C=CC(=O)O)c(-c2cccc(Br)c2)n1. The highest BCUT2D eigenvalue weighted by Crippen LogP contribution is 2.26. The van der Waals surface area contributed by atoms with Crippen molar-refractivity contribution in [2.75, 3.05) is 0 Å². The van der Waals surface area contributed by atoms with Crippen LogP contribution in [0, 0.1) is 11.3 Å². The molecule has 0 unspecified atom stereocenters. The fourth-order valence-corrected chi connectivity index (χ4v) is 2.26. The zero-order valence-electron chi connectivity index (χ0n) is 11.0. The molecule has 0 amide bonds. The Hall–Kier alpha value is -2.39. The molecule has 0 spiro atoms. The molecule has 106 valence electrons. The molecule has 2 aromatic rings. The first-order valence-corrected chi connectivity index (χ1v) is 7.01. The topological polar surface area (TPSA) is 78.9 Å². The average molecular weight is 346 g/mol. The number of carbonyl (C=O) groups is 1. The highest BCUT2D eigenvalue weighted by atomic mass is 79.9. The van der Waals surface area contributed by atoms with Crippen LogP contribution < -0.4 is 0 Å². The van der Waals surface area contributed by atoms with E-state index in [0.29, 0.717) is 24.2 Å². The van der Waals surface area contributed by atoms with Gasteiger partial charge in [-0.3, -0.25) is 4.68 Å². The molecule has 0 saturated heterocycles. The van der Waals surface area contributed by atoms with E-state index in [1.807, 2.05) is 24.3 Å². The Kier molecular flexibility index (Phi) is 4.90. The molecule has 1 N–H and O–H groups in total. The van der Waals surface area contributed by atoms with Crippen LogP contribution >= 0.6 is 15.9 Å². The fraction of sp³-hybridized carbons (Fsp3) is 0.133. The number of aromatic nitrogens is 2. The zero-order chi connectivity index (χ0) is 15.2. The Morgan fingerprint density at radius 3 is 3.00 bits per heavy atom. The van der Waals surface area contributed by atoms with Gasteiger partial charge in [0.2, 0.25) is 0 Å². The Morgan fingerprint density at radius 1 is 1.52 bits per heavy atom. The summed E-state index contributed by atoms with van der Waals surface area (Å²) in [6, 6.07) is 9.67. The van der Waals surface area contributed by atoms with Gasteiger partial charge in [0, 0.05) is 27.9 Å². The van der Waals surface area contributed by atoms with Crippen LogP contribution in [0.4, 0.5) is 0 Å². The molecule has 0 saturated carbocycles. The number of nitriles is 1. The van der Waals surface area contributed by atoms with Crippen molar-refractivity contribution in [1.82, 2.24) is 9.78 Å². The summed E-state index contributed by atoms with van der Waals surface area (Å²) >= 11 is 3.41. The molecule has 0 aliphatic rings. The average Bonchev–Trinajstić information content (AvgIpc) is 2.86. The molecule has 0 fully saturated rings. The molecule has 0 aliphatic carbocycles. The standard InChI is InChI=1S/C15H12BrN3O2/c16-13-4-1-3-11(9-13)15-12(5-6-14(20)21)10-19(18-15)8-2-7-17/h1,3-6,9-10H,2,8H2,(H,20,21). The third-order valence-electron chi connectivity index (χ3n) is 2.75. The number of benzene rings is 1. The summed E-state index contributed by atoms with van der Waals surface area (Å²) in [6.45, 7) is 0.471. The maximum Gasteiger partial charge on any atom is 0.328 e. The van der Waals surface area contributed by atoms with E-state index in [0.717, 1.165) is 16.1 Å². The minimum atomic E-state index is -1.01. The van der Waals surface area contributed by atoms with Crippen LogP contribution in [0.3, 0.4) is 0 Å². The van der Waals surface area contributed by atoms with E-state index in [2.05, 4.69) is 27.1 Å². The molecule has 0 radical (unpaired) electrons. The zero-order valence-corrected chi connectivity index (χ0v) is 12.6. The third kappa shape index (κ3) is 4.04. The number of hydrogen-bond donors (Lipinski definition) is 1. The number of aliphatic carboxylic acids is 1. The van der Waals surface area contributed by atoms with Gasteiger partial charge in [0.25, 0.3) is 0 Å². The van der Waals surface area contributed by atoms with E-state index in [-0.39, 0.29) is 0 Å². The summed E-state index contributed by atoms with van der Waals surface area (Å²) in [5, 5.41) is 21.8. The second-order valence-corrected chi connectivity index (χ2v) is 5.20. The normalized spacial score (nSPS) is 10.7. The van der Waals surface area contributed by atoms with Gasteiger partial charge in [0.15, 0.2) is 0 Å². The van der Waals surface area contributed by atoms with Crippen LogP contribution in [0.2, 0.25) is 0 Å². The Morgan fingerprint density at radius 2 is 2.33 bits per heavy atom. The maximum atomic E-state index is 10.7. The molecule has 1 aromatic carbocycles. The molecule has 0 bridgehead atoms. The number of halogens is 1. The summed E-state index contributed by atoms with van der Waals surface area (Å²) in [7, 11) is 0. The number of nitrogens with zero attached hydrogens (tertiary/aromatic N) is 3. The lowest BCUT2D eigenvalue weighted by Gasteiger charge is -2.00. The number of carboxylic acids is 1. The predicted octanol–water partition coefficient (Wildman–Crippen LogP) is 3.32. The lowest BCUT2D eigenvalue weighted by Crippen LogP contribution is -1.97. The lowest BCUT2D eigenvalue weighted by atomic mass is 10.1. The van der Waals surface area contributed by atoms with Gasteiger partial charge in [-0.1, -0.05) is 28.1 Å². The number of hydrogen-bond acceptors (Lipinski definition) is 3. The molecule has 1 aromatic heterocycles. The summed E-state index contributed by atoms with van der Waals surface area (Å²) in [5.41, 5.74) is 2.27. The van der Waals surface area contributed by atoms with Crippen LogP contribution in [0.1, 0.15) is 12.0 Å². The molecular weight excluding hydrogens is 334 g/mol. The van der Waals surface area contributed by atoms with E-state index < -0.39 is 5.97 Å². The molecule has 0 aliphatic heterocycles. The van der Waals surface area contributed by atoms with Crippen molar-refractivity contribution in [3.8, 4) is 17.3 Å². The minimum Gasteiger partial charge on any atom is -0.478 e. The number of aryl methyl sites for hydroxylation is 1. The molecule has 21 heavy (non-hydrogen) atoms. The molecule has 5 nitrogen and oxygen atoms in total. The van der Waals surface area contributed by atoms with E-state index >= 15 is 0 Å². The highest BCUT2D eigenvalue weighted by Gasteiger charge is 2.10. The minimum absolute atomic E-state index is 0.349. The quantitative estimate of drug-likeness (QED) is 0.843. The van der Waals surface area contributed by atoms with Gasteiger partial charge >= 0.3 is 5.97 Å². The smallest absolute Gasteiger partial charge is 0.328 e. The van der Waals surface area contributed by atoms with Gasteiger partial charge in [-0.2, -0.15) is 10.4 Å². The largest absolute Gasteiger partial charge is 0.478 e. The number of rotatable bonds is 5. The Labute approximate surface area is 130 Å². The van der Waals surface area contributed by atoms with Crippen molar-refractivity contribution in [3.05, 3.63) is 46.6 Å². The molecular formula is C15H12BrN3O2. The molecule has 2 rings (SSSR count). The Bertz CT molecular complexity index is 729. The number of carboxylic acid groups (broad SMARTS) is 1. The molecule has 0 atom stereocenters. The van der Waals surface area contributed by atoms with Gasteiger partial charge in [-0.25, -0.2) is 4.79 Å². The van der Waals surface area contributed by atoms with Crippen LogP contribution in [0.15, 0.2) is 41.0 Å². The van der Waals surface area contributed by atoms with E-state index in [1.54, 1.807) is 10.9 Å². The predicted molar refractivity (Wildman–Crippen MR) is 82.3 cm³/mol. The van der Waals surface area contributed by atoms with Gasteiger partial charge < -0.3 is 5.11 Å². The van der Waals surface area contributed by atoms with Gasteiger partial charge in [-0.15, -0.1) is 0 Å². The molecule has 6 heteroatoms. The van der Waals surface area contributed by atoms with Gasteiger partial charge in [-0.05, 0) is 18.2 Å². The van der Waals surface area contributed by atoms with Crippen molar-refractivity contribution >= 4 is 28.0 Å². The Balaban J connectivity index is 2.44.